The van der Waals surface area contributed by atoms with E-state index in [4.69, 9.17) is 22.1 Å². The normalized spacial score (nSPS) is 11.3. The van der Waals surface area contributed by atoms with Gasteiger partial charge in [-0.25, -0.2) is 0 Å². The van der Waals surface area contributed by atoms with Crippen molar-refractivity contribution in [1.82, 2.24) is 0 Å². The molecule has 0 heterocycles. The SMILES string of the molecule is CCC(N)(CC)C(=O)OCc1ccccc1Cl. The third-order valence-electron chi connectivity index (χ3n) is 2.98. The van der Waals surface area contributed by atoms with E-state index < -0.39 is 5.54 Å². The summed E-state index contributed by atoms with van der Waals surface area (Å²) in [6.07, 6.45) is 1.12. The van der Waals surface area contributed by atoms with Gasteiger partial charge in [0.25, 0.3) is 0 Å². The maximum absolute atomic E-state index is 11.8. The molecule has 4 heteroatoms. The van der Waals surface area contributed by atoms with Crippen LogP contribution in [0.5, 0.6) is 0 Å². The van der Waals surface area contributed by atoms with Crippen LogP contribution in [0.1, 0.15) is 32.3 Å². The molecule has 2 N–H and O–H groups in total. The van der Waals surface area contributed by atoms with Crippen molar-refractivity contribution in [3.05, 3.63) is 34.9 Å². The Morgan fingerprint density at radius 1 is 1.35 bits per heavy atom. The Bertz CT molecular complexity index is 389. The molecule has 0 aliphatic carbocycles. The molecule has 0 atom stereocenters. The van der Waals surface area contributed by atoms with Crippen LogP contribution in [0.15, 0.2) is 24.3 Å². The van der Waals surface area contributed by atoms with Crippen LogP contribution in [0, 0.1) is 0 Å². The highest BCUT2D eigenvalue weighted by atomic mass is 35.5. The lowest BCUT2D eigenvalue weighted by atomic mass is 9.95. The molecule has 0 saturated carbocycles. The second kappa shape index (κ2) is 6.03. The summed E-state index contributed by atoms with van der Waals surface area (Å²) in [6, 6.07) is 7.27. The van der Waals surface area contributed by atoms with Crippen molar-refractivity contribution in [3.63, 3.8) is 0 Å². The Hall–Kier alpha value is -1.06. The minimum atomic E-state index is -0.888. The number of nitrogens with two attached hydrogens (primary N) is 1. The quantitative estimate of drug-likeness (QED) is 0.823. The van der Waals surface area contributed by atoms with Gasteiger partial charge in [0.15, 0.2) is 0 Å². The fourth-order valence-electron chi connectivity index (χ4n) is 1.44. The molecule has 1 rings (SSSR count). The third kappa shape index (κ3) is 3.45. The first kappa shape index (κ1) is 14.0. The topological polar surface area (TPSA) is 52.3 Å². The number of ether oxygens (including phenoxy) is 1. The lowest BCUT2D eigenvalue weighted by molar-refractivity contribution is -0.151. The average molecular weight is 256 g/mol. The van der Waals surface area contributed by atoms with Gasteiger partial charge in [-0.3, -0.25) is 4.79 Å². The average Bonchev–Trinajstić information content (AvgIpc) is 2.36. The number of carbonyl (C=O) groups excluding carboxylic acids is 1. The molecule has 0 aliphatic rings. The van der Waals surface area contributed by atoms with Crippen LogP contribution in [-0.4, -0.2) is 11.5 Å². The fraction of sp³-hybridized carbons (Fsp3) is 0.462. The molecule has 17 heavy (non-hydrogen) atoms. The Balaban J connectivity index is 2.63. The number of halogens is 1. The van der Waals surface area contributed by atoms with Gasteiger partial charge in [-0.2, -0.15) is 0 Å². The summed E-state index contributed by atoms with van der Waals surface area (Å²) in [5.74, 6) is -0.373. The maximum Gasteiger partial charge on any atom is 0.326 e. The molecule has 94 valence electrons. The molecule has 1 aromatic carbocycles. The molecule has 0 aromatic heterocycles. The van der Waals surface area contributed by atoms with Crippen LogP contribution < -0.4 is 5.73 Å². The van der Waals surface area contributed by atoms with Gasteiger partial charge in [-0.15, -0.1) is 0 Å². The van der Waals surface area contributed by atoms with Crippen molar-refractivity contribution in [2.45, 2.75) is 38.8 Å². The summed E-state index contributed by atoms with van der Waals surface area (Å²) < 4.78 is 5.21. The number of carbonyl (C=O) groups is 1. The van der Waals surface area contributed by atoms with E-state index in [0.717, 1.165) is 5.56 Å². The molecule has 1 aromatic rings. The van der Waals surface area contributed by atoms with Gasteiger partial charge in [0, 0.05) is 10.6 Å². The Morgan fingerprint density at radius 2 is 1.94 bits per heavy atom. The third-order valence-corrected chi connectivity index (χ3v) is 3.35. The summed E-state index contributed by atoms with van der Waals surface area (Å²) >= 11 is 5.97. The van der Waals surface area contributed by atoms with Crippen LogP contribution in [0.2, 0.25) is 5.02 Å². The highest BCUT2D eigenvalue weighted by molar-refractivity contribution is 6.31. The van der Waals surface area contributed by atoms with E-state index in [9.17, 15) is 4.79 Å². The lowest BCUT2D eigenvalue weighted by Gasteiger charge is -2.24. The second-order valence-electron chi connectivity index (χ2n) is 4.03. The van der Waals surface area contributed by atoms with Crippen LogP contribution in [0.3, 0.4) is 0 Å². The van der Waals surface area contributed by atoms with E-state index in [2.05, 4.69) is 0 Å². The predicted octanol–water partition coefficient (Wildman–Crippen LogP) is 2.90. The van der Waals surface area contributed by atoms with Gasteiger partial charge >= 0.3 is 5.97 Å². The second-order valence-corrected chi connectivity index (χ2v) is 4.44. The van der Waals surface area contributed by atoms with Crippen LogP contribution in [-0.2, 0) is 16.1 Å². The van der Waals surface area contributed by atoms with Gasteiger partial charge in [-0.05, 0) is 18.9 Å². The molecule has 0 saturated heterocycles. The molecule has 0 amide bonds. The highest BCUT2D eigenvalue weighted by Gasteiger charge is 2.31. The summed E-state index contributed by atoms with van der Waals surface area (Å²) in [5.41, 5.74) is 5.84. The Labute approximate surface area is 107 Å². The number of rotatable bonds is 5. The van der Waals surface area contributed by atoms with Gasteiger partial charge < -0.3 is 10.5 Å². The van der Waals surface area contributed by atoms with Crippen molar-refractivity contribution in [2.75, 3.05) is 0 Å². The molecule has 0 fully saturated rings. The van der Waals surface area contributed by atoms with Crippen LogP contribution in [0.4, 0.5) is 0 Å². The van der Waals surface area contributed by atoms with E-state index in [1.54, 1.807) is 6.07 Å². The Morgan fingerprint density at radius 3 is 2.47 bits per heavy atom. The first-order valence-corrected chi connectivity index (χ1v) is 6.10. The van der Waals surface area contributed by atoms with Gasteiger partial charge in [-0.1, -0.05) is 43.6 Å². The smallest absolute Gasteiger partial charge is 0.326 e. The van der Waals surface area contributed by atoms with E-state index in [-0.39, 0.29) is 12.6 Å². The zero-order valence-corrected chi connectivity index (χ0v) is 11.0. The Kier molecular flexibility index (Phi) is 4.97. The number of esters is 1. The molecule has 0 spiro atoms. The van der Waals surface area contributed by atoms with Crippen molar-refractivity contribution in [1.29, 1.82) is 0 Å². The number of hydrogen-bond acceptors (Lipinski definition) is 3. The molecule has 3 nitrogen and oxygen atoms in total. The van der Waals surface area contributed by atoms with Gasteiger partial charge in [0.05, 0.1) is 0 Å². The summed E-state index contributed by atoms with van der Waals surface area (Å²) in [4.78, 5) is 11.8. The van der Waals surface area contributed by atoms with Crippen molar-refractivity contribution >= 4 is 17.6 Å². The van der Waals surface area contributed by atoms with Crippen molar-refractivity contribution < 1.29 is 9.53 Å². The van der Waals surface area contributed by atoms with E-state index >= 15 is 0 Å². The fourth-order valence-corrected chi connectivity index (χ4v) is 1.63. The molecular weight excluding hydrogens is 238 g/mol. The lowest BCUT2D eigenvalue weighted by Crippen LogP contribution is -2.47. The summed E-state index contributed by atoms with van der Waals surface area (Å²) in [6.45, 7) is 3.91. The van der Waals surface area contributed by atoms with Gasteiger partial charge in [0.1, 0.15) is 12.1 Å². The molecule has 0 bridgehead atoms. The van der Waals surface area contributed by atoms with Crippen LogP contribution in [0.25, 0.3) is 0 Å². The predicted molar refractivity (Wildman–Crippen MR) is 68.7 cm³/mol. The maximum atomic E-state index is 11.8. The molecular formula is C13H18ClNO2. The summed E-state index contributed by atoms with van der Waals surface area (Å²) in [7, 11) is 0. The van der Waals surface area contributed by atoms with E-state index in [0.29, 0.717) is 17.9 Å². The monoisotopic (exact) mass is 255 g/mol. The number of hydrogen-bond donors (Lipinski definition) is 1. The van der Waals surface area contributed by atoms with Gasteiger partial charge in [0.2, 0.25) is 0 Å². The molecule has 0 unspecified atom stereocenters. The van der Waals surface area contributed by atoms with E-state index in [1.807, 2.05) is 32.0 Å². The minimum Gasteiger partial charge on any atom is -0.459 e. The van der Waals surface area contributed by atoms with Crippen molar-refractivity contribution in [2.24, 2.45) is 5.73 Å². The molecule has 0 aliphatic heterocycles. The van der Waals surface area contributed by atoms with E-state index in [1.165, 1.54) is 0 Å². The largest absolute Gasteiger partial charge is 0.459 e. The highest BCUT2D eigenvalue weighted by Crippen LogP contribution is 2.18. The first-order chi connectivity index (χ1) is 8.03. The minimum absolute atomic E-state index is 0.164. The zero-order valence-electron chi connectivity index (χ0n) is 10.2. The van der Waals surface area contributed by atoms with Crippen LogP contribution >= 0.6 is 11.6 Å². The summed E-state index contributed by atoms with van der Waals surface area (Å²) in [5, 5.41) is 0.593. The molecule has 0 radical (unpaired) electrons. The first-order valence-electron chi connectivity index (χ1n) is 5.73. The van der Waals surface area contributed by atoms with Crippen molar-refractivity contribution in [3.8, 4) is 0 Å². The standard InChI is InChI=1S/C13H18ClNO2/c1-3-13(15,4-2)12(16)17-9-10-7-5-6-8-11(10)14/h5-8H,3-4,9,15H2,1-2H3. The zero-order chi connectivity index (χ0) is 12.9. The number of benzene rings is 1.